The second kappa shape index (κ2) is 11.9. The molecule has 0 saturated heterocycles. The largest absolute Gasteiger partial charge is 0.457 e. The van der Waals surface area contributed by atoms with Gasteiger partial charge in [-0.2, -0.15) is 0 Å². The standard InChI is InChI=1S/C26H37NO5S/c1-16-11-9-7-8-10-12-21(17(2)13-20-15-33-19(4)27-20)32-23(29)14-22(28)26(5,6)25(31)18(3)24(16)30/h7-10,13,15-16,18,21-22,24,28,30H,11-12,14H2,1-6H3/t16?,18-,21?,22+,24+/m1/s1. The lowest BCUT2D eigenvalue weighted by molar-refractivity contribution is -0.154. The van der Waals surface area contributed by atoms with Crippen molar-refractivity contribution in [1.29, 1.82) is 0 Å². The summed E-state index contributed by atoms with van der Waals surface area (Å²) in [7, 11) is 0. The number of esters is 1. The molecule has 0 aromatic carbocycles. The van der Waals surface area contributed by atoms with E-state index < -0.39 is 35.6 Å². The number of carbonyl (C=O) groups is 2. The first-order valence-corrected chi connectivity index (χ1v) is 12.3. The number of cyclic esters (lactones) is 1. The number of carbonyl (C=O) groups excluding carboxylic acids is 2. The van der Waals surface area contributed by atoms with Crippen LogP contribution < -0.4 is 0 Å². The van der Waals surface area contributed by atoms with E-state index in [4.69, 9.17) is 4.74 Å². The highest BCUT2D eigenvalue weighted by molar-refractivity contribution is 7.09. The van der Waals surface area contributed by atoms with Crippen molar-refractivity contribution in [2.45, 2.75) is 79.1 Å². The third-order valence-electron chi connectivity index (χ3n) is 6.37. The fourth-order valence-electron chi connectivity index (χ4n) is 3.91. The Labute approximate surface area is 201 Å². The fraction of sp³-hybridized carbons (Fsp3) is 0.577. The van der Waals surface area contributed by atoms with Gasteiger partial charge in [0, 0.05) is 17.7 Å². The van der Waals surface area contributed by atoms with Gasteiger partial charge < -0.3 is 14.9 Å². The van der Waals surface area contributed by atoms with Crippen LogP contribution in [0, 0.1) is 24.2 Å². The molecular weight excluding hydrogens is 438 g/mol. The number of Topliss-reactive ketones (excluding diaryl/α,β-unsaturated/α-hetero) is 1. The summed E-state index contributed by atoms with van der Waals surface area (Å²) >= 11 is 1.55. The minimum absolute atomic E-state index is 0.126. The number of hydrogen-bond acceptors (Lipinski definition) is 7. The number of aliphatic hydroxyl groups excluding tert-OH is 2. The predicted molar refractivity (Wildman–Crippen MR) is 132 cm³/mol. The molecule has 6 nitrogen and oxygen atoms in total. The Balaban J connectivity index is 2.32. The second-order valence-corrected chi connectivity index (χ2v) is 10.6. The van der Waals surface area contributed by atoms with Crippen molar-refractivity contribution in [1.82, 2.24) is 4.98 Å². The van der Waals surface area contributed by atoms with Gasteiger partial charge >= 0.3 is 5.97 Å². The van der Waals surface area contributed by atoms with Crippen LogP contribution in [-0.4, -0.2) is 45.3 Å². The molecule has 2 unspecified atom stereocenters. The van der Waals surface area contributed by atoms with E-state index in [-0.39, 0.29) is 18.1 Å². The Morgan fingerprint density at radius 3 is 2.42 bits per heavy atom. The quantitative estimate of drug-likeness (QED) is 0.604. The van der Waals surface area contributed by atoms with E-state index in [9.17, 15) is 19.8 Å². The number of nitrogens with zero attached hydrogens (tertiary/aromatic N) is 1. The maximum Gasteiger partial charge on any atom is 0.309 e. The molecular formula is C26H37NO5S. The summed E-state index contributed by atoms with van der Waals surface area (Å²) in [4.78, 5) is 30.3. The monoisotopic (exact) mass is 475 g/mol. The molecule has 0 amide bonds. The van der Waals surface area contributed by atoms with Crippen LogP contribution in [0.2, 0.25) is 0 Å². The van der Waals surface area contributed by atoms with Crippen molar-refractivity contribution in [3.8, 4) is 0 Å². The Kier molecular flexibility index (Phi) is 9.76. The Morgan fingerprint density at radius 1 is 1.18 bits per heavy atom. The first-order valence-electron chi connectivity index (χ1n) is 11.4. The minimum atomic E-state index is -1.23. The van der Waals surface area contributed by atoms with E-state index in [0.29, 0.717) is 12.8 Å². The average Bonchev–Trinajstić information content (AvgIpc) is 3.16. The molecule has 7 heteroatoms. The van der Waals surface area contributed by atoms with Crippen LogP contribution in [0.3, 0.4) is 0 Å². The van der Waals surface area contributed by atoms with E-state index in [1.54, 1.807) is 32.1 Å². The predicted octanol–water partition coefficient (Wildman–Crippen LogP) is 4.65. The number of ether oxygens (including phenoxy) is 1. The number of aliphatic hydroxyl groups is 2. The molecule has 0 spiro atoms. The molecule has 0 radical (unpaired) electrons. The van der Waals surface area contributed by atoms with Gasteiger partial charge in [-0.1, -0.05) is 52.0 Å². The van der Waals surface area contributed by atoms with Gasteiger partial charge in [-0.25, -0.2) is 4.98 Å². The number of rotatable bonds is 2. The number of aryl methyl sites for hydroxylation is 1. The molecule has 2 rings (SSSR count). The zero-order valence-electron chi connectivity index (χ0n) is 20.4. The van der Waals surface area contributed by atoms with Gasteiger partial charge in [0.15, 0.2) is 0 Å². The van der Waals surface area contributed by atoms with E-state index in [1.807, 2.05) is 56.5 Å². The molecule has 2 heterocycles. The van der Waals surface area contributed by atoms with Gasteiger partial charge in [-0.3, -0.25) is 9.59 Å². The molecule has 0 fully saturated rings. The maximum absolute atomic E-state index is 13.1. The lowest BCUT2D eigenvalue weighted by atomic mass is 9.73. The normalized spacial score (nSPS) is 30.3. The smallest absolute Gasteiger partial charge is 0.309 e. The highest BCUT2D eigenvalue weighted by Gasteiger charge is 2.42. The Bertz CT molecular complexity index is 914. The number of aromatic nitrogens is 1. The third-order valence-corrected chi connectivity index (χ3v) is 7.16. The van der Waals surface area contributed by atoms with Crippen LogP contribution in [-0.2, 0) is 14.3 Å². The van der Waals surface area contributed by atoms with Crippen molar-refractivity contribution >= 4 is 29.2 Å². The van der Waals surface area contributed by atoms with Crippen LogP contribution in [0.25, 0.3) is 6.08 Å². The molecule has 0 saturated carbocycles. The lowest BCUT2D eigenvalue weighted by Crippen LogP contribution is -2.45. The van der Waals surface area contributed by atoms with Crippen LogP contribution in [0.5, 0.6) is 0 Å². The van der Waals surface area contributed by atoms with E-state index in [0.717, 1.165) is 16.3 Å². The molecule has 5 atom stereocenters. The summed E-state index contributed by atoms with van der Waals surface area (Å²) < 4.78 is 5.73. The van der Waals surface area contributed by atoms with E-state index in [1.165, 1.54) is 0 Å². The summed E-state index contributed by atoms with van der Waals surface area (Å²) in [6.45, 7) is 10.6. The summed E-state index contributed by atoms with van der Waals surface area (Å²) in [6, 6.07) is 0. The summed E-state index contributed by atoms with van der Waals surface area (Å²) in [6.07, 6.45) is 7.77. The molecule has 182 valence electrons. The molecule has 33 heavy (non-hydrogen) atoms. The molecule has 0 aliphatic carbocycles. The van der Waals surface area contributed by atoms with Gasteiger partial charge in [-0.15, -0.1) is 11.3 Å². The number of thiazole rings is 1. The van der Waals surface area contributed by atoms with Crippen LogP contribution in [0.1, 0.15) is 64.6 Å². The number of ketones is 1. The SMILES string of the molecule is CC(=Cc1csc(C)n1)C1CC=CC=CCC(C)[C@H](O)[C@@H](C)C(=O)C(C)(C)[C@@H](O)CC(=O)O1. The van der Waals surface area contributed by atoms with Crippen molar-refractivity contribution in [3.63, 3.8) is 0 Å². The van der Waals surface area contributed by atoms with Crippen LogP contribution >= 0.6 is 11.3 Å². The first kappa shape index (κ1) is 27.2. The summed E-state index contributed by atoms with van der Waals surface area (Å²) in [5, 5.41) is 24.3. The van der Waals surface area contributed by atoms with Crippen LogP contribution in [0.15, 0.2) is 35.3 Å². The average molecular weight is 476 g/mol. The topological polar surface area (TPSA) is 96.7 Å². The van der Waals surface area contributed by atoms with Gasteiger partial charge in [0.2, 0.25) is 0 Å². The van der Waals surface area contributed by atoms with Crippen molar-refractivity contribution in [2.75, 3.05) is 0 Å². The molecule has 2 N–H and O–H groups in total. The third kappa shape index (κ3) is 7.45. The van der Waals surface area contributed by atoms with Gasteiger partial charge in [-0.05, 0) is 37.8 Å². The zero-order valence-corrected chi connectivity index (χ0v) is 21.3. The highest BCUT2D eigenvalue weighted by atomic mass is 32.1. The van der Waals surface area contributed by atoms with Crippen molar-refractivity contribution in [3.05, 3.63) is 46.0 Å². The molecule has 1 aromatic heterocycles. The zero-order chi connectivity index (χ0) is 24.8. The first-order chi connectivity index (χ1) is 15.4. The Hall–Kier alpha value is -2.09. The number of allylic oxidation sites excluding steroid dienone is 3. The Morgan fingerprint density at radius 2 is 1.82 bits per heavy atom. The molecule has 1 aliphatic rings. The second-order valence-electron chi connectivity index (χ2n) is 9.55. The van der Waals surface area contributed by atoms with Crippen molar-refractivity contribution in [2.24, 2.45) is 17.3 Å². The van der Waals surface area contributed by atoms with Crippen LogP contribution in [0.4, 0.5) is 0 Å². The van der Waals surface area contributed by atoms with Gasteiger partial charge in [0.05, 0.1) is 34.7 Å². The van der Waals surface area contributed by atoms with E-state index in [2.05, 4.69) is 4.98 Å². The van der Waals surface area contributed by atoms with E-state index >= 15 is 0 Å². The van der Waals surface area contributed by atoms with Crippen molar-refractivity contribution < 1.29 is 24.5 Å². The number of hydrogen-bond donors (Lipinski definition) is 2. The fourth-order valence-corrected chi connectivity index (χ4v) is 4.48. The molecule has 0 bridgehead atoms. The molecule has 1 aliphatic heterocycles. The molecule has 1 aromatic rings. The maximum atomic E-state index is 13.1. The van der Waals surface area contributed by atoms with Gasteiger partial charge in [0.25, 0.3) is 0 Å². The summed E-state index contributed by atoms with van der Waals surface area (Å²) in [5.74, 6) is -1.64. The van der Waals surface area contributed by atoms with Gasteiger partial charge in [0.1, 0.15) is 11.9 Å². The highest BCUT2D eigenvalue weighted by Crippen LogP contribution is 2.32. The lowest BCUT2D eigenvalue weighted by Gasteiger charge is -2.34. The summed E-state index contributed by atoms with van der Waals surface area (Å²) in [5.41, 5.74) is 0.457. The minimum Gasteiger partial charge on any atom is -0.457 e.